The molecule has 32 heavy (non-hydrogen) atoms. The number of hydrogen-bond donors (Lipinski definition) is 0. The minimum atomic E-state index is -3.65. The van der Waals surface area contributed by atoms with Crippen molar-refractivity contribution in [2.75, 3.05) is 55.7 Å². The van der Waals surface area contributed by atoms with E-state index in [9.17, 15) is 13.2 Å². The molecule has 0 bridgehead atoms. The molecule has 2 fully saturated rings. The van der Waals surface area contributed by atoms with Crippen LogP contribution in [0.5, 0.6) is 0 Å². The van der Waals surface area contributed by atoms with E-state index in [-0.39, 0.29) is 16.7 Å². The van der Waals surface area contributed by atoms with Crippen LogP contribution in [0.15, 0.2) is 22.4 Å². The molecule has 0 spiro atoms. The van der Waals surface area contributed by atoms with Gasteiger partial charge in [-0.2, -0.15) is 16.1 Å². The summed E-state index contributed by atoms with van der Waals surface area (Å²) in [7, 11) is -3.65. The second kappa shape index (κ2) is 9.66. The van der Waals surface area contributed by atoms with Crippen LogP contribution in [0.1, 0.15) is 41.0 Å². The lowest BCUT2D eigenvalue weighted by molar-refractivity contribution is 0.0747. The molecular weight excluding hydrogens is 466 g/mol. The van der Waals surface area contributed by atoms with Crippen LogP contribution >= 0.6 is 23.1 Å². The van der Waals surface area contributed by atoms with Crippen LogP contribution in [-0.4, -0.2) is 84.3 Å². The zero-order valence-corrected chi connectivity index (χ0v) is 21.1. The maximum absolute atomic E-state index is 13.3. The summed E-state index contributed by atoms with van der Waals surface area (Å²) < 4.78 is 27.8. The summed E-state index contributed by atoms with van der Waals surface area (Å²) in [5.74, 6) is 3.32. The number of aromatic nitrogens is 2. The number of thioether (sulfide) groups is 1. The molecule has 0 aromatic carbocycles. The summed E-state index contributed by atoms with van der Waals surface area (Å²) >= 11 is 2.96. The molecule has 174 valence electrons. The van der Waals surface area contributed by atoms with E-state index >= 15 is 0 Å². The number of nitrogens with zero attached hydrogens (tertiary/aromatic N) is 5. The highest BCUT2D eigenvalue weighted by molar-refractivity contribution is 7.99. The molecule has 2 aliphatic rings. The van der Waals surface area contributed by atoms with Gasteiger partial charge in [0.05, 0.1) is 0 Å². The normalized spacial score (nSPS) is 18.4. The Morgan fingerprint density at radius 2 is 1.75 bits per heavy atom. The number of thiophene rings is 1. The van der Waals surface area contributed by atoms with Gasteiger partial charge in [0.1, 0.15) is 21.4 Å². The Hall–Kier alpha value is -1.69. The monoisotopic (exact) mass is 495 g/mol. The van der Waals surface area contributed by atoms with Crippen LogP contribution in [-0.2, 0) is 10.0 Å². The van der Waals surface area contributed by atoms with Crippen molar-refractivity contribution in [3.63, 3.8) is 0 Å². The molecule has 0 radical (unpaired) electrons. The first-order valence-corrected chi connectivity index (χ1v) is 14.3. The van der Waals surface area contributed by atoms with E-state index in [2.05, 4.69) is 23.7 Å². The molecule has 8 nitrogen and oxygen atoms in total. The predicted molar refractivity (Wildman–Crippen MR) is 129 cm³/mol. The van der Waals surface area contributed by atoms with Gasteiger partial charge in [0.25, 0.3) is 5.91 Å². The van der Waals surface area contributed by atoms with E-state index in [0.29, 0.717) is 44.1 Å². The van der Waals surface area contributed by atoms with Crippen LogP contribution in [0.4, 0.5) is 5.82 Å². The SMILES string of the molecule is Cc1cc(N2CCN(C(=O)c3sccc3S(=O)(=O)N3CCSCC3)CC2)nc(C(C)C)n1. The van der Waals surface area contributed by atoms with Crippen LogP contribution < -0.4 is 4.90 Å². The third kappa shape index (κ3) is 4.80. The van der Waals surface area contributed by atoms with E-state index in [1.165, 1.54) is 15.6 Å². The van der Waals surface area contributed by atoms with Crippen LogP contribution in [0.25, 0.3) is 0 Å². The molecular formula is C21H29N5O3S3. The van der Waals surface area contributed by atoms with Crippen molar-refractivity contribution in [1.29, 1.82) is 0 Å². The zero-order valence-electron chi connectivity index (χ0n) is 18.7. The second-order valence-electron chi connectivity index (χ2n) is 8.29. The molecule has 2 aromatic rings. The number of hydrogen-bond acceptors (Lipinski definition) is 8. The topological polar surface area (TPSA) is 86.7 Å². The highest BCUT2D eigenvalue weighted by atomic mass is 32.2. The maximum atomic E-state index is 13.3. The summed E-state index contributed by atoms with van der Waals surface area (Å²) in [6.45, 7) is 9.45. The zero-order chi connectivity index (χ0) is 22.9. The number of rotatable bonds is 5. The number of aryl methyl sites for hydroxylation is 1. The number of carbonyl (C=O) groups excluding carboxylic acids is 1. The molecule has 2 aromatic heterocycles. The minimum Gasteiger partial charge on any atom is -0.353 e. The summed E-state index contributed by atoms with van der Waals surface area (Å²) in [4.78, 5) is 26.9. The van der Waals surface area contributed by atoms with Gasteiger partial charge in [-0.15, -0.1) is 11.3 Å². The lowest BCUT2D eigenvalue weighted by atomic mass is 10.2. The van der Waals surface area contributed by atoms with Gasteiger partial charge < -0.3 is 9.80 Å². The number of carbonyl (C=O) groups is 1. The predicted octanol–water partition coefficient (Wildman–Crippen LogP) is 2.67. The van der Waals surface area contributed by atoms with Gasteiger partial charge in [-0.05, 0) is 18.4 Å². The van der Waals surface area contributed by atoms with Gasteiger partial charge in [-0.3, -0.25) is 4.79 Å². The minimum absolute atomic E-state index is 0.148. The molecule has 0 N–H and O–H groups in total. The largest absolute Gasteiger partial charge is 0.353 e. The van der Waals surface area contributed by atoms with Gasteiger partial charge in [-0.25, -0.2) is 18.4 Å². The first-order chi connectivity index (χ1) is 15.3. The Morgan fingerprint density at radius 3 is 2.41 bits per heavy atom. The van der Waals surface area contributed by atoms with Crippen molar-refractivity contribution in [1.82, 2.24) is 19.2 Å². The molecule has 1 amide bonds. The number of amides is 1. The standard InChI is InChI=1S/C21H29N5O3S3/c1-15(2)20-22-16(3)14-18(23-20)24-5-7-25(8-6-24)21(27)19-17(4-11-31-19)32(28,29)26-9-12-30-13-10-26/h4,11,14-15H,5-10,12-13H2,1-3H3. The highest BCUT2D eigenvalue weighted by Crippen LogP contribution is 2.29. The molecule has 2 saturated heterocycles. The lowest BCUT2D eigenvalue weighted by Crippen LogP contribution is -2.49. The fourth-order valence-corrected chi connectivity index (χ4v) is 7.80. The van der Waals surface area contributed by atoms with Crippen molar-refractivity contribution in [3.8, 4) is 0 Å². The van der Waals surface area contributed by atoms with Gasteiger partial charge in [-0.1, -0.05) is 13.8 Å². The van der Waals surface area contributed by atoms with Gasteiger partial charge >= 0.3 is 0 Å². The molecule has 4 heterocycles. The average molecular weight is 496 g/mol. The Labute approximate surface area is 198 Å². The smallest absolute Gasteiger partial charge is 0.265 e. The van der Waals surface area contributed by atoms with Gasteiger partial charge in [0.15, 0.2) is 0 Å². The summed E-state index contributed by atoms with van der Waals surface area (Å²) in [5.41, 5.74) is 0.932. The van der Waals surface area contributed by atoms with E-state index in [1.807, 2.05) is 13.0 Å². The molecule has 0 aliphatic carbocycles. The van der Waals surface area contributed by atoms with Crippen LogP contribution in [0.3, 0.4) is 0 Å². The summed E-state index contributed by atoms with van der Waals surface area (Å²) in [5, 5.41) is 1.70. The maximum Gasteiger partial charge on any atom is 0.265 e. The van der Waals surface area contributed by atoms with E-state index in [4.69, 9.17) is 4.98 Å². The van der Waals surface area contributed by atoms with Crippen molar-refractivity contribution < 1.29 is 13.2 Å². The Balaban J connectivity index is 1.47. The Morgan fingerprint density at radius 1 is 1.06 bits per heavy atom. The fourth-order valence-electron chi connectivity index (χ4n) is 3.86. The molecule has 11 heteroatoms. The fraction of sp³-hybridized carbons (Fsp3) is 0.571. The Bertz CT molecular complexity index is 1070. The molecule has 4 rings (SSSR count). The first kappa shape index (κ1) is 23.5. The lowest BCUT2D eigenvalue weighted by Gasteiger charge is -2.35. The Kier molecular flexibility index (Phi) is 7.09. The van der Waals surface area contributed by atoms with E-state index in [1.54, 1.807) is 28.1 Å². The molecule has 2 aliphatic heterocycles. The molecule has 0 atom stereocenters. The van der Waals surface area contributed by atoms with Crippen LogP contribution in [0, 0.1) is 6.92 Å². The molecule has 0 unspecified atom stereocenters. The van der Waals surface area contributed by atoms with Crippen molar-refractivity contribution in [2.24, 2.45) is 0 Å². The first-order valence-electron chi connectivity index (χ1n) is 10.8. The van der Waals surface area contributed by atoms with Crippen molar-refractivity contribution >= 4 is 44.8 Å². The third-order valence-corrected chi connectivity index (χ3v) is 9.59. The van der Waals surface area contributed by atoms with Crippen molar-refractivity contribution in [3.05, 3.63) is 33.9 Å². The average Bonchev–Trinajstić information content (AvgIpc) is 3.30. The summed E-state index contributed by atoms with van der Waals surface area (Å²) in [6, 6.07) is 3.55. The molecule has 0 saturated carbocycles. The quantitative estimate of drug-likeness (QED) is 0.630. The number of piperazine rings is 1. The van der Waals surface area contributed by atoms with E-state index < -0.39 is 10.0 Å². The summed E-state index contributed by atoms with van der Waals surface area (Å²) in [6.07, 6.45) is 0. The van der Waals surface area contributed by atoms with Gasteiger partial charge in [0.2, 0.25) is 10.0 Å². The number of sulfonamides is 1. The van der Waals surface area contributed by atoms with Crippen LogP contribution in [0.2, 0.25) is 0 Å². The van der Waals surface area contributed by atoms with Crippen molar-refractivity contribution in [2.45, 2.75) is 31.6 Å². The second-order valence-corrected chi connectivity index (χ2v) is 12.3. The third-order valence-electron chi connectivity index (χ3n) is 5.68. The number of anilines is 1. The van der Waals surface area contributed by atoms with E-state index in [0.717, 1.165) is 28.8 Å². The highest BCUT2D eigenvalue weighted by Gasteiger charge is 2.33. The van der Waals surface area contributed by atoms with Gasteiger partial charge in [0, 0.05) is 68.5 Å².